The molecule has 7 heteroatoms. The van der Waals surface area contributed by atoms with Crippen LogP contribution in [-0.4, -0.2) is 34.9 Å². The van der Waals surface area contributed by atoms with Crippen LogP contribution in [-0.2, 0) is 0 Å². The fourth-order valence-corrected chi connectivity index (χ4v) is 2.30. The highest BCUT2D eigenvalue weighted by Crippen LogP contribution is 2.26. The Kier molecular flexibility index (Phi) is 6.10. The summed E-state index contributed by atoms with van der Waals surface area (Å²) in [6.07, 6.45) is 0. The SMILES string of the molecule is CCN(CC(C)C(N)=NO)C(=O)c1c(Cl)cccc1Cl. The molecular weight excluding hydrogens is 301 g/mol. The molecule has 0 aliphatic heterocycles. The second kappa shape index (κ2) is 7.36. The zero-order chi connectivity index (χ0) is 15.3. The molecule has 0 saturated carbocycles. The number of carbonyl (C=O) groups excluding carboxylic acids is 1. The molecule has 20 heavy (non-hydrogen) atoms. The van der Waals surface area contributed by atoms with Gasteiger partial charge in [0.05, 0.1) is 15.6 Å². The molecule has 1 rings (SSSR count). The first-order valence-electron chi connectivity index (χ1n) is 6.13. The van der Waals surface area contributed by atoms with Gasteiger partial charge in [0.2, 0.25) is 0 Å². The maximum absolute atomic E-state index is 12.5. The summed E-state index contributed by atoms with van der Waals surface area (Å²) < 4.78 is 0. The minimum atomic E-state index is -0.277. The summed E-state index contributed by atoms with van der Waals surface area (Å²) >= 11 is 12.1. The Morgan fingerprint density at radius 3 is 2.45 bits per heavy atom. The molecule has 0 heterocycles. The van der Waals surface area contributed by atoms with Gasteiger partial charge in [0.25, 0.3) is 5.91 Å². The lowest BCUT2D eigenvalue weighted by Gasteiger charge is -2.24. The summed E-state index contributed by atoms with van der Waals surface area (Å²) in [5.41, 5.74) is 5.80. The standard InChI is InChI=1S/C13H17Cl2N3O2/c1-3-18(7-8(2)12(16)17-20)13(19)11-9(14)5-4-6-10(11)15/h4-6,8,20H,3,7H2,1-2H3,(H2,16,17). The molecule has 0 aromatic heterocycles. The molecule has 0 fully saturated rings. The normalized spacial score (nSPS) is 13.1. The maximum Gasteiger partial charge on any atom is 0.256 e. The van der Waals surface area contributed by atoms with E-state index in [-0.39, 0.29) is 23.2 Å². The van der Waals surface area contributed by atoms with Crippen LogP contribution in [0.4, 0.5) is 0 Å². The lowest BCUT2D eigenvalue weighted by molar-refractivity contribution is 0.0754. The topological polar surface area (TPSA) is 78.9 Å². The molecular formula is C13H17Cl2N3O2. The van der Waals surface area contributed by atoms with Crippen molar-refractivity contribution in [1.29, 1.82) is 0 Å². The first-order valence-corrected chi connectivity index (χ1v) is 6.88. The van der Waals surface area contributed by atoms with Crippen LogP contribution in [0, 0.1) is 5.92 Å². The number of nitrogens with zero attached hydrogens (tertiary/aromatic N) is 2. The van der Waals surface area contributed by atoms with Gasteiger partial charge >= 0.3 is 0 Å². The summed E-state index contributed by atoms with van der Waals surface area (Å²) in [5.74, 6) is -0.479. The van der Waals surface area contributed by atoms with Crippen molar-refractivity contribution in [3.05, 3.63) is 33.8 Å². The molecule has 110 valence electrons. The number of hydrogen-bond donors (Lipinski definition) is 2. The Balaban J connectivity index is 2.98. The second-order valence-electron chi connectivity index (χ2n) is 4.37. The van der Waals surface area contributed by atoms with Crippen LogP contribution >= 0.6 is 23.2 Å². The number of amides is 1. The fraction of sp³-hybridized carbons (Fsp3) is 0.385. The first kappa shape index (κ1) is 16.6. The third-order valence-corrected chi connectivity index (χ3v) is 3.59. The van der Waals surface area contributed by atoms with Crippen LogP contribution in [0.15, 0.2) is 23.4 Å². The van der Waals surface area contributed by atoms with Crippen molar-refractivity contribution in [2.24, 2.45) is 16.8 Å². The lowest BCUT2D eigenvalue weighted by Crippen LogP contribution is -2.39. The van der Waals surface area contributed by atoms with Crippen LogP contribution in [0.2, 0.25) is 10.0 Å². The zero-order valence-electron chi connectivity index (χ0n) is 11.3. The molecule has 0 aliphatic carbocycles. The largest absolute Gasteiger partial charge is 0.409 e. The van der Waals surface area contributed by atoms with Gasteiger partial charge in [0, 0.05) is 19.0 Å². The molecule has 0 saturated heterocycles. The third kappa shape index (κ3) is 3.77. The molecule has 0 spiro atoms. The summed E-state index contributed by atoms with van der Waals surface area (Å²) in [5, 5.41) is 12.2. The summed E-state index contributed by atoms with van der Waals surface area (Å²) in [7, 11) is 0. The van der Waals surface area contributed by atoms with E-state index in [9.17, 15) is 4.79 Å². The van der Waals surface area contributed by atoms with E-state index in [0.717, 1.165) is 0 Å². The molecule has 1 atom stereocenters. The van der Waals surface area contributed by atoms with Crippen molar-refractivity contribution in [2.75, 3.05) is 13.1 Å². The van der Waals surface area contributed by atoms with E-state index >= 15 is 0 Å². The number of oxime groups is 1. The first-order chi connectivity index (χ1) is 9.42. The van der Waals surface area contributed by atoms with Crippen molar-refractivity contribution in [1.82, 2.24) is 4.90 Å². The molecule has 1 amide bonds. The van der Waals surface area contributed by atoms with Crippen molar-refractivity contribution in [3.8, 4) is 0 Å². The number of amidine groups is 1. The monoisotopic (exact) mass is 317 g/mol. The van der Waals surface area contributed by atoms with Crippen LogP contribution < -0.4 is 5.73 Å². The maximum atomic E-state index is 12.5. The quantitative estimate of drug-likeness (QED) is 0.379. The Hall–Kier alpha value is -1.46. The minimum Gasteiger partial charge on any atom is -0.409 e. The summed E-state index contributed by atoms with van der Waals surface area (Å²) in [6.45, 7) is 4.37. The van der Waals surface area contributed by atoms with Crippen molar-refractivity contribution < 1.29 is 10.0 Å². The van der Waals surface area contributed by atoms with Crippen molar-refractivity contribution >= 4 is 34.9 Å². The van der Waals surface area contributed by atoms with Gasteiger partial charge < -0.3 is 15.8 Å². The van der Waals surface area contributed by atoms with Gasteiger partial charge in [0.1, 0.15) is 5.84 Å². The lowest BCUT2D eigenvalue weighted by atomic mass is 10.1. The van der Waals surface area contributed by atoms with Crippen LogP contribution in [0.25, 0.3) is 0 Å². The molecule has 1 aromatic carbocycles. The number of nitrogens with two attached hydrogens (primary N) is 1. The van der Waals surface area contributed by atoms with E-state index in [4.69, 9.17) is 34.1 Å². The van der Waals surface area contributed by atoms with Crippen molar-refractivity contribution in [3.63, 3.8) is 0 Å². The fourth-order valence-electron chi connectivity index (χ4n) is 1.74. The highest BCUT2D eigenvalue weighted by Gasteiger charge is 2.22. The van der Waals surface area contributed by atoms with Gasteiger partial charge in [-0.3, -0.25) is 4.79 Å². The number of halogens is 2. The molecule has 1 aromatic rings. The highest BCUT2D eigenvalue weighted by atomic mass is 35.5. The zero-order valence-corrected chi connectivity index (χ0v) is 12.8. The van der Waals surface area contributed by atoms with Crippen LogP contribution in [0.5, 0.6) is 0 Å². The smallest absolute Gasteiger partial charge is 0.256 e. The molecule has 1 unspecified atom stereocenters. The number of rotatable bonds is 5. The molecule has 5 nitrogen and oxygen atoms in total. The number of benzene rings is 1. The van der Waals surface area contributed by atoms with Gasteiger partial charge in [-0.25, -0.2) is 0 Å². The van der Waals surface area contributed by atoms with Crippen LogP contribution in [0.1, 0.15) is 24.2 Å². The van der Waals surface area contributed by atoms with E-state index in [1.54, 1.807) is 30.0 Å². The molecule has 0 aliphatic rings. The third-order valence-electron chi connectivity index (χ3n) is 2.96. The van der Waals surface area contributed by atoms with Gasteiger partial charge in [-0.2, -0.15) is 0 Å². The van der Waals surface area contributed by atoms with E-state index in [1.165, 1.54) is 0 Å². The van der Waals surface area contributed by atoms with Crippen LogP contribution in [0.3, 0.4) is 0 Å². The summed E-state index contributed by atoms with van der Waals surface area (Å²) in [6, 6.07) is 4.90. The number of hydrogen-bond acceptors (Lipinski definition) is 3. The second-order valence-corrected chi connectivity index (χ2v) is 5.18. The van der Waals surface area contributed by atoms with E-state index in [2.05, 4.69) is 5.16 Å². The van der Waals surface area contributed by atoms with E-state index in [1.807, 2.05) is 6.92 Å². The van der Waals surface area contributed by atoms with Gasteiger partial charge in [-0.05, 0) is 19.1 Å². The number of carbonyl (C=O) groups is 1. The van der Waals surface area contributed by atoms with Gasteiger partial charge in [-0.1, -0.05) is 41.3 Å². The Bertz CT molecular complexity index is 500. The van der Waals surface area contributed by atoms with Gasteiger partial charge in [0.15, 0.2) is 0 Å². The molecule has 0 radical (unpaired) electrons. The predicted molar refractivity (Wildman–Crippen MR) is 80.6 cm³/mol. The average molecular weight is 318 g/mol. The average Bonchev–Trinajstić information content (AvgIpc) is 2.43. The van der Waals surface area contributed by atoms with Crippen molar-refractivity contribution in [2.45, 2.75) is 13.8 Å². The predicted octanol–water partition coefficient (Wildman–Crippen LogP) is 2.84. The minimum absolute atomic E-state index is 0.0708. The Morgan fingerprint density at radius 2 is 2.00 bits per heavy atom. The molecule has 0 bridgehead atoms. The summed E-state index contributed by atoms with van der Waals surface area (Å²) in [4.78, 5) is 14.0. The van der Waals surface area contributed by atoms with E-state index in [0.29, 0.717) is 23.1 Å². The Morgan fingerprint density at radius 1 is 1.45 bits per heavy atom. The molecule has 3 N–H and O–H groups in total. The highest BCUT2D eigenvalue weighted by molar-refractivity contribution is 6.39. The van der Waals surface area contributed by atoms with E-state index < -0.39 is 0 Å². The Labute approximate surface area is 127 Å². The van der Waals surface area contributed by atoms with Gasteiger partial charge in [-0.15, -0.1) is 0 Å².